The Labute approximate surface area is 141 Å². The molecule has 1 saturated heterocycles. The molecule has 1 fully saturated rings. The van der Waals surface area contributed by atoms with Crippen molar-refractivity contribution in [2.24, 2.45) is 0 Å². The number of ether oxygens (including phenoxy) is 2. The largest absolute Gasteiger partial charge is 0.493 e. The topological polar surface area (TPSA) is 48.0 Å². The molecule has 4 rings (SSSR count). The summed E-state index contributed by atoms with van der Waals surface area (Å²) in [4.78, 5) is 0. The number of nitrogens with zero attached hydrogens (tertiary/aromatic N) is 1. The smallest absolute Gasteiger partial charge is 0.303 e. The van der Waals surface area contributed by atoms with Gasteiger partial charge in [-0.05, 0) is 41.8 Å². The van der Waals surface area contributed by atoms with Crippen LogP contribution in [0.15, 0.2) is 42.5 Å². The first-order valence-corrected chi connectivity index (χ1v) is 9.54. The van der Waals surface area contributed by atoms with Crippen LogP contribution in [-0.2, 0) is 22.1 Å². The van der Waals surface area contributed by atoms with E-state index in [0.29, 0.717) is 18.9 Å². The first kappa shape index (κ1) is 15.7. The highest BCUT2D eigenvalue weighted by atomic mass is 31.2. The third-order valence-electron chi connectivity index (χ3n) is 4.78. The van der Waals surface area contributed by atoms with Crippen molar-refractivity contribution in [2.45, 2.75) is 19.0 Å². The van der Waals surface area contributed by atoms with E-state index in [0.717, 1.165) is 23.0 Å². The van der Waals surface area contributed by atoms with Gasteiger partial charge in [0.25, 0.3) is 0 Å². The van der Waals surface area contributed by atoms with Crippen molar-refractivity contribution in [3.8, 4) is 11.5 Å². The van der Waals surface area contributed by atoms with E-state index in [1.54, 1.807) is 14.2 Å². The summed E-state index contributed by atoms with van der Waals surface area (Å²) >= 11 is 0. The van der Waals surface area contributed by atoms with Gasteiger partial charge in [0.2, 0.25) is 0 Å². The molecule has 0 bridgehead atoms. The van der Waals surface area contributed by atoms with Crippen molar-refractivity contribution in [1.82, 2.24) is 4.67 Å². The molecule has 5 nitrogen and oxygen atoms in total. The Kier molecular flexibility index (Phi) is 3.87. The molecule has 1 unspecified atom stereocenters. The Morgan fingerprint density at radius 1 is 1.08 bits per heavy atom. The molecule has 0 aliphatic carbocycles. The first-order valence-electron chi connectivity index (χ1n) is 7.97. The first-order chi connectivity index (χ1) is 11.7. The van der Waals surface area contributed by atoms with Crippen LogP contribution < -0.4 is 14.8 Å². The van der Waals surface area contributed by atoms with E-state index in [2.05, 4.69) is 0 Å². The summed E-state index contributed by atoms with van der Waals surface area (Å²) in [6, 6.07) is 13.6. The summed E-state index contributed by atoms with van der Waals surface area (Å²) in [7, 11) is 0.279. The Hall–Kier alpha value is -1.81. The molecule has 0 saturated carbocycles. The lowest BCUT2D eigenvalue weighted by atomic mass is 9.95. The normalized spacial score (nSPS) is 25.8. The van der Waals surface area contributed by atoms with Crippen molar-refractivity contribution in [1.29, 1.82) is 0 Å². The maximum atomic E-state index is 13.5. The highest BCUT2D eigenvalue weighted by molar-refractivity contribution is 7.64. The molecule has 0 radical (unpaired) electrons. The molecule has 2 heterocycles. The molecule has 0 amide bonds. The molecule has 0 spiro atoms. The van der Waals surface area contributed by atoms with Gasteiger partial charge >= 0.3 is 7.52 Å². The van der Waals surface area contributed by atoms with Gasteiger partial charge in [-0.3, -0.25) is 4.57 Å². The summed E-state index contributed by atoms with van der Waals surface area (Å²) in [6.07, 6.45) is 0.798. The fourth-order valence-corrected chi connectivity index (χ4v) is 5.95. The SMILES string of the molecule is COc1cc2c(cc1OC)CN1[C@@H](COP1(=O)c1ccccc1)C2. The van der Waals surface area contributed by atoms with Gasteiger partial charge in [0.1, 0.15) is 0 Å². The third-order valence-corrected chi connectivity index (χ3v) is 7.37. The Morgan fingerprint density at radius 2 is 1.75 bits per heavy atom. The Morgan fingerprint density at radius 3 is 2.42 bits per heavy atom. The lowest BCUT2D eigenvalue weighted by Gasteiger charge is -2.33. The molecular weight excluding hydrogens is 325 g/mol. The molecule has 2 aliphatic rings. The highest BCUT2D eigenvalue weighted by Gasteiger charge is 2.47. The summed E-state index contributed by atoms with van der Waals surface area (Å²) in [6.45, 7) is 1.08. The van der Waals surface area contributed by atoms with Gasteiger partial charge in [0, 0.05) is 12.6 Å². The van der Waals surface area contributed by atoms with Crippen molar-refractivity contribution in [3.63, 3.8) is 0 Å². The van der Waals surface area contributed by atoms with Crippen LogP contribution in [0.5, 0.6) is 11.5 Å². The van der Waals surface area contributed by atoms with Crippen LogP contribution in [0.25, 0.3) is 0 Å². The number of hydrogen-bond acceptors (Lipinski definition) is 4. The van der Waals surface area contributed by atoms with Crippen LogP contribution in [0.3, 0.4) is 0 Å². The minimum Gasteiger partial charge on any atom is -0.493 e. The van der Waals surface area contributed by atoms with Crippen LogP contribution in [0.2, 0.25) is 0 Å². The van der Waals surface area contributed by atoms with Crippen molar-refractivity contribution >= 4 is 12.8 Å². The number of fused-ring (bicyclic) bond motifs is 2. The number of rotatable bonds is 3. The van der Waals surface area contributed by atoms with Crippen LogP contribution in [0.4, 0.5) is 0 Å². The van der Waals surface area contributed by atoms with Crippen molar-refractivity contribution in [2.75, 3.05) is 20.8 Å². The van der Waals surface area contributed by atoms with E-state index >= 15 is 0 Å². The van der Waals surface area contributed by atoms with Crippen LogP contribution >= 0.6 is 7.52 Å². The van der Waals surface area contributed by atoms with E-state index in [1.165, 1.54) is 5.56 Å². The van der Waals surface area contributed by atoms with Crippen molar-refractivity contribution in [3.05, 3.63) is 53.6 Å². The number of benzene rings is 2. The molecule has 2 aromatic rings. The average Bonchev–Trinajstić information content (AvgIpc) is 2.96. The number of hydrogen-bond donors (Lipinski definition) is 0. The monoisotopic (exact) mass is 345 g/mol. The van der Waals surface area contributed by atoms with Crippen LogP contribution in [0.1, 0.15) is 11.1 Å². The molecule has 0 N–H and O–H groups in total. The minimum absolute atomic E-state index is 0.127. The zero-order chi connectivity index (χ0) is 16.7. The van der Waals surface area contributed by atoms with Crippen molar-refractivity contribution < 1.29 is 18.6 Å². The summed E-state index contributed by atoms with van der Waals surface area (Å²) in [5, 5.41) is 0.761. The van der Waals surface area contributed by atoms with Gasteiger partial charge in [-0.1, -0.05) is 18.2 Å². The quantitative estimate of drug-likeness (QED) is 0.801. The zero-order valence-corrected chi connectivity index (χ0v) is 14.7. The third kappa shape index (κ3) is 2.35. The Bertz CT molecular complexity index is 808. The van der Waals surface area contributed by atoms with Gasteiger partial charge in [-0.25, -0.2) is 4.67 Å². The predicted molar refractivity (Wildman–Crippen MR) is 92.2 cm³/mol. The van der Waals surface area contributed by atoms with E-state index in [9.17, 15) is 4.57 Å². The van der Waals surface area contributed by atoms with E-state index in [1.807, 2.05) is 47.1 Å². The lowest BCUT2D eigenvalue weighted by molar-refractivity contribution is 0.290. The molecular formula is C18H20NO4P. The summed E-state index contributed by atoms with van der Waals surface area (Å²) < 4.78 is 32.2. The molecule has 2 aromatic carbocycles. The second-order valence-corrected chi connectivity index (χ2v) is 8.41. The maximum Gasteiger partial charge on any atom is 0.303 e. The summed E-state index contributed by atoms with van der Waals surface area (Å²) in [5.41, 5.74) is 2.32. The van der Waals surface area contributed by atoms with E-state index in [4.69, 9.17) is 14.0 Å². The van der Waals surface area contributed by atoms with Gasteiger partial charge in [-0.2, -0.15) is 0 Å². The second kappa shape index (κ2) is 5.92. The molecule has 24 heavy (non-hydrogen) atoms. The summed E-state index contributed by atoms with van der Waals surface area (Å²) in [5.74, 6) is 1.43. The Balaban J connectivity index is 1.73. The van der Waals surface area contributed by atoms with Crippen LogP contribution in [-0.4, -0.2) is 31.5 Å². The molecule has 126 valence electrons. The number of methoxy groups -OCH3 is 2. The van der Waals surface area contributed by atoms with Gasteiger partial charge < -0.3 is 14.0 Å². The van der Waals surface area contributed by atoms with Gasteiger partial charge in [-0.15, -0.1) is 0 Å². The highest BCUT2D eigenvalue weighted by Crippen LogP contribution is 2.58. The zero-order valence-electron chi connectivity index (χ0n) is 13.8. The predicted octanol–water partition coefficient (Wildman–Crippen LogP) is 2.98. The standard InChI is InChI=1S/C18H20NO4P/c1-21-17-9-13-8-15-12-23-24(20,16-6-4-3-5-7-16)19(15)11-14(13)10-18(17)22-2/h3-7,9-10,15H,8,11-12H2,1-2H3/t15-,24?/m1/s1. The minimum atomic E-state index is -2.99. The molecule has 2 aliphatic heterocycles. The molecule has 6 heteroatoms. The average molecular weight is 345 g/mol. The maximum absolute atomic E-state index is 13.5. The van der Waals surface area contributed by atoms with E-state index < -0.39 is 7.52 Å². The lowest BCUT2D eigenvalue weighted by Crippen LogP contribution is -2.36. The van der Waals surface area contributed by atoms with Gasteiger partial charge in [0.15, 0.2) is 11.5 Å². The van der Waals surface area contributed by atoms with Crippen LogP contribution in [0, 0.1) is 0 Å². The van der Waals surface area contributed by atoms with E-state index in [-0.39, 0.29) is 6.04 Å². The van der Waals surface area contributed by atoms with Gasteiger partial charge in [0.05, 0.1) is 26.1 Å². The fourth-order valence-electron chi connectivity index (χ4n) is 3.52. The second-order valence-electron chi connectivity index (χ2n) is 6.08. The fraction of sp³-hybridized carbons (Fsp3) is 0.333. The molecule has 2 atom stereocenters. The molecule has 0 aromatic heterocycles.